The molecule has 1 aromatic carbocycles. The molecule has 1 aromatic rings. The first kappa shape index (κ1) is 13.4. The van der Waals surface area contributed by atoms with Crippen molar-refractivity contribution in [2.24, 2.45) is 5.92 Å². The Morgan fingerprint density at radius 1 is 1.47 bits per heavy atom. The topological polar surface area (TPSA) is 64.6 Å². The summed E-state index contributed by atoms with van der Waals surface area (Å²) in [5.74, 6) is 1.25. The lowest BCUT2D eigenvalue weighted by Crippen LogP contribution is -2.31. The van der Waals surface area contributed by atoms with E-state index >= 15 is 0 Å². The second-order valence-electron chi connectivity index (χ2n) is 4.86. The lowest BCUT2D eigenvalue weighted by molar-refractivity contribution is -0.123. The summed E-state index contributed by atoms with van der Waals surface area (Å²) >= 11 is 0. The van der Waals surface area contributed by atoms with Crippen LogP contribution in [0.25, 0.3) is 0 Å². The number of hydrogen-bond acceptors (Lipinski definition) is 4. The van der Waals surface area contributed by atoms with Gasteiger partial charge in [0.25, 0.3) is 5.91 Å². The van der Waals surface area contributed by atoms with E-state index in [1.54, 1.807) is 18.2 Å². The molecule has 0 saturated carbocycles. The second-order valence-corrected chi connectivity index (χ2v) is 4.86. The van der Waals surface area contributed by atoms with E-state index in [1.807, 2.05) is 13.8 Å². The minimum Gasteiger partial charge on any atom is -0.485 e. The van der Waals surface area contributed by atoms with Crippen LogP contribution in [0.1, 0.15) is 24.2 Å². The fourth-order valence-electron chi connectivity index (χ4n) is 1.68. The van der Waals surface area contributed by atoms with Crippen LogP contribution in [0.3, 0.4) is 0 Å². The van der Waals surface area contributed by atoms with Crippen LogP contribution in [-0.2, 0) is 4.79 Å². The number of ketones is 1. The fraction of sp³-hybridized carbons (Fsp3) is 0.429. The Balaban J connectivity index is 1.87. The van der Waals surface area contributed by atoms with Gasteiger partial charge in [-0.3, -0.25) is 9.59 Å². The summed E-state index contributed by atoms with van der Waals surface area (Å²) in [6, 6.07) is 4.96. The highest BCUT2D eigenvalue weighted by Gasteiger charge is 2.21. The molecule has 0 unspecified atom stereocenters. The summed E-state index contributed by atoms with van der Waals surface area (Å²) < 4.78 is 10.6. The molecule has 0 spiro atoms. The van der Waals surface area contributed by atoms with Gasteiger partial charge in [0.2, 0.25) is 5.78 Å². The first-order chi connectivity index (χ1) is 9.06. The molecular weight excluding hydrogens is 246 g/mol. The maximum Gasteiger partial charge on any atom is 0.257 e. The van der Waals surface area contributed by atoms with Crippen molar-refractivity contribution in [3.8, 4) is 11.5 Å². The predicted molar refractivity (Wildman–Crippen MR) is 69.6 cm³/mol. The van der Waals surface area contributed by atoms with Crippen LogP contribution in [0.15, 0.2) is 18.2 Å². The van der Waals surface area contributed by atoms with Crippen molar-refractivity contribution in [1.29, 1.82) is 0 Å². The molecule has 1 aliphatic rings. The quantitative estimate of drug-likeness (QED) is 0.872. The number of ether oxygens (including phenoxy) is 2. The van der Waals surface area contributed by atoms with Crippen molar-refractivity contribution in [3.63, 3.8) is 0 Å². The first-order valence-corrected chi connectivity index (χ1v) is 6.26. The Labute approximate surface area is 111 Å². The Kier molecular flexibility index (Phi) is 4.04. The monoisotopic (exact) mass is 263 g/mol. The minimum absolute atomic E-state index is 0.0313. The van der Waals surface area contributed by atoms with E-state index in [0.717, 1.165) is 0 Å². The van der Waals surface area contributed by atoms with Gasteiger partial charge in [0.1, 0.15) is 11.5 Å². The van der Waals surface area contributed by atoms with Gasteiger partial charge in [-0.2, -0.15) is 0 Å². The molecule has 0 bridgehead atoms. The van der Waals surface area contributed by atoms with Crippen molar-refractivity contribution in [2.45, 2.75) is 13.8 Å². The van der Waals surface area contributed by atoms with E-state index in [9.17, 15) is 9.59 Å². The van der Waals surface area contributed by atoms with Gasteiger partial charge in [-0.1, -0.05) is 13.8 Å². The fourth-order valence-corrected chi connectivity index (χ4v) is 1.68. The zero-order valence-corrected chi connectivity index (χ0v) is 11.1. The van der Waals surface area contributed by atoms with Crippen LogP contribution in [0.2, 0.25) is 0 Å². The van der Waals surface area contributed by atoms with Crippen LogP contribution < -0.4 is 14.8 Å². The zero-order valence-electron chi connectivity index (χ0n) is 11.1. The molecule has 0 atom stereocenters. The van der Waals surface area contributed by atoms with Crippen molar-refractivity contribution in [2.75, 3.05) is 19.8 Å². The Morgan fingerprint density at radius 2 is 2.26 bits per heavy atom. The number of Topliss-reactive ketones (excluding diaryl/α,β-unsaturated/α-hetero) is 1. The summed E-state index contributed by atoms with van der Waals surface area (Å²) in [4.78, 5) is 22.8. The second kappa shape index (κ2) is 5.73. The number of nitrogens with one attached hydrogen (secondary N) is 1. The third kappa shape index (κ3) is 3.47. The third-order valence-corrected chi connectivity index (χ3v) is 2.69. The van der Waals surface area contributed by atoms with E-state index in [1.165, 1.54) is 0 Å². The molecule has 19 heavy (non-hydrogen) atoms. The summed E-state index contributed by atoms with van der Waals surface area (Å²) in [5.41, 5.74) is 0.566. The van der Waals surface area contributed by atoms with Gasteiger partial charge >= 0.3 is 0 Å². The smallest absolute Gasteiger partial charge is 0.257 e. The average molecular weight is 263 g/mol. The maximum atomic E-state index is 11.5. The van der Waals surface area contributed by atoms with Gasteiger partial charge in [0, 0.05) is 12.6 Å². The summed E-state index contributed by atoms with van der Waals surface area (Å²) in [7, 11) is 0. The summed E-state index contributed by atoms with van der Waals surface area (Å²) in [5, 5.41) is 2.76. The van der Waals surface area contributed by atoms with Crippen LogP contribution in [0.5, 0.6) is 11.5 Å². The number of benzene rings is 1. The highest BCUT2D eigenvalue weighted by molar-refractivity contribution is 6.02. The standard InChI is InChI=1S/C14H17NO4/c1-9(2)6-15-14(17)8-18-10-3-4-11-12(16)7-19-13(11)5-10/h3-5,9H,6-8H2,1-2H3,(H,15,17). The van der Waals surface area contributed by atoms with Crippen molar-refractivity contribution in [1.82, 2.24) is 5.32 Å². The number of hydrogen-bond donors (Lipinski definition) is 1. The molecule has 0 radical (unpaired) electrons. The maximum absolute atomic E-state index is 11.5. The molecular formula is C14H17NO4. The number of rotatable bonds is 5. The number of fused-ring (bicyclic) bond motifs is 1. The lowest BCUT2D eigenvalue weighted by atomic mass is 10.1. The van der Waals surface area contributed by atoms with Crippen LogP contribution in [0, 0.1) is 5.92 Å². The molecule has 1 N–H and O–H groups in total. The van der Waals surface area contributed by atoms with E-state index in [-0.39, 0.29) is 24.9 Å². The van der Waals surface area contributed by atoms with Gasteiger partial charge < -0.3 is 14.8 Å². The molecule has 0 fully saturated rings. The molecule has 1 aliphatic heterocycles. The van der Waals surface area contributed by atoms with Crippen LogP contribution in [0.4, 0.5) is 0 Å². The van der Waals surface area contributed by atoms with Crippen molar-refractivity contribution in [3.05, 3.63) is 23.8 Å². The molecule has 0 aliphatic carbocycles. The largest absolute Gasteiger partial charge is 0.485 e. The molecule has 5 heteroatoms. The van der Waals surface area contributed by atoms with Gasteiger partial charge in [-0.15, -0.1) is 0 Å². The van der Waals surface area contributed by atoms with E-state index in [2.05, 4.69) is 5.32 Å². The molecule has 1 amide bonds. The number of carbonyl (C=O) groups excluding carboxylic acids is 2. The minimum atomic E-state index is -0.161. The SMILES string of the molecule is CC(C)CNC(=O)COc1ccc2c(c1)OCC2=O. The average Bonchev–Trinajstić information content (AvgIpc) is 2.75. The first-order valence-electron chi connectivity index (χ1n) is 6.26. The van der Waals surface area contributed by atoms with Crippen LogP contribution in [-0.4, -0.2) is 31.4 Å². The molecule has 1 heterocycles. The Hall–Kier alpha value is -2.04. The van der Waals surface area contributed by atoms with Gasteiger partial charge in [-0.25, -0.2) is 0 Å². The molecule has 102 valence electrons. The molecule has 0 saturated heterocycles. The van der Waals surface area contributed by atoms with Crippen molar-refractivity contribution >= 4 is 11.7 Å². The van der Waals surface area contributed by atoms with Gasteiger partial charge in [-0.05, 0) is 18.1 Å². The number of carbonyl (C=O) groups is 2. The Morgan fingerprint density at radius 3 is 3.00 bits per heavy atom. The van der Waals surface area contributed by atoms with Gasteiger partial charge in [0.05, 0.1) is 5.56 Å². The highest BCUT2D eigenvalue weighted by atomic mass is 16.5. The van der Waals surface area contributed by atoms with Gasteiger partial charge in [0.15, 0.2) is 13.2 Å². The molecule has 2 rings (SSSR count). The molecule has 5 nitrogen and oxygen atoms in total. The van der Waals surface area contributed by atoms with Crippen LogP contribution >= 0.6 is 0 Å². The normalized spacial score (nSPS) is 13.1. The highest BCUT2D eigenvalue weighted by Crippen LogP contribution is 2.29. The predicted octanol–water partition coefficient (Wildman–Crippen LogP) is 1.41. The summed E-state index contributed by atoms with van der Waals surface area (Å²) in [6.07, 6.45) is 0. The zero-order chi connectivity index (χ0) is 13.8. The lowest BCUT2D eigenvalue weighted by Gasteiger charge is -2.09. The Bertz CT molecular complexity index is 496. The third-order valence-electron chi connectivity index (χ3n) is 2.69. The van der Waals surface area contributed by atoms with E-state index in [0.29, 0.717) is 29.5 Å². The van der Waals surface area contributed by atoms with E-state index < -0.39 is 0 Å². The van der Waals surface area contributed by atoms with E-state index in [4.69, 9.17) is 9.47 Å². The molecule has 0 aromatic heterocycles. The number of amides is 1. The van der Waals surface area contributed by atoms with Crippen molar-refractivity contribution < 1.29 is 19.1 Å². The summed E-state index contributed by atoms with van der Waals surface area (Å²) in [6.45, 7) is 4.71.